The number of carboxylic acids is 3. The Bertz CT molecular complexity index is 1150. The number of nitrogens with two attached hydrogens (primary N) is 1. The Morgan fingerprint density at radius 3 is 2.05 bits per heavy atom. The van der Waals surface area contributed by atoms with Gasteiger partial charge in [0.2, 0.25) is 5.76 Å². The number of amidine groups is 1. The maximum atomic E-state index is 12.3. The summed E-state index contributed by atoms with van der Waals surface area (Å²) in [5.41, 5.74) is 5.84. The van der Waals surface area contributed by atoms with Gasteiger partial charge >= 0.3 is 23.9 Å². The molecule has 1 heterocycles. The lowest BCUT2D eigenvalue weighted by Gasteiger charge is -2.12. The van der Waals surface area contributed by atoms with Crippen molar-refractivity contribution in [3.05, 3.63) is 53.5 Å². The number of alkyl halides is 1. The Labute approximate surface area is 214 Å². The molecule has 14 heteroatoms. The fourth-order valence-corrected chi connectivity index (χ4v) is 3.36. The predicted molar refractivity (Wildman–Crippen MR) is 128 cm³/mol. The summed E-state index contributed by atoms with van der Waals surface area (Å²) < 4.78 is 21.8. The highest BCUT2D eigenvalue weighted by Gasteiger charge is 2.28. The van der Waals surface area contributed by atoms with Crippen LogP contribution in [0.15, 0.2) is 40.8 Å². The number of benzene rings is 1. The fourth-order valence-electron chi connectivity index (χ4n) is 2.44. The van der Waals surface area contributed by atoms with Gasteiger partial charge < -0.3 is 30.2 Å². The predicted octanol–water partition coefficient (Wildman–Crippen LogP) is 2.58. The minimum atomic E-state index is -1.73. The second-order valence-corrected chi connectivity index (χ2v) is 8.72. The molecule has 0 aliphatic carbocycles. The summed E-state index contributed by atoms with van der Waals surface area (Å²) in [6.07, 6.45) is -2.32. The minimum absolute atomic E-state index is 0.0891. The Morgan fingerprint density at radius 2 is 1.59 bits per heavy atom. The van der Waals surface area contributed by atoms with Gasteiger partial charge in [-0.15, -0.1) is 0 Å². The van der Waals surface area contributed by atoms with Crippen LogP contribution in [-0.4, -0.2) is 61.6 Å². The molecule has 3 unspecified atom stereocenters. The van der Waals surface area contributed by atoms with Gasteiger partial charge in [-0.2, -0.15) is 0 Å². The largest absolute Gasteiger partial charge is 0.481 e. The average molecular weight is 541 g/mol. The molecule has 1 aromatic heterocycles. The van der Waals surface area contributed by atoms with Gasteiger partial charge in [0.25, 0.3) is 0 Å². The third-order valence-corrected chi connectivity index (χ3v) is 5.67. The van der Waals surface area contributed by atoms with E-state index in [-0.39, 0.29) is 23.8 Å². The number of ether oxygens (including phenoxy) is 1. The first-order chi connectivity index (χ1) is 17.2. The number of halogens is 1. The van der Waals surface area contributed by atoms with Gasteiger partial charge in [0.05, 0.1) is 6.42 Å². The Morgan fingerprint density at radius 1 is 1.03 bits per heavy atom. The number of furan rings is 1. The standard InChI is InChI=1S/C20H20N2O8S.C3H5FO2/c1-10(20(28)31-15(18(25)26)9-16(23)24)8-13-6-7-14(29-13)19(27)30-12-4-2-11(3-5-12)17(21)22;1-2(4)3(5)6/h2-7,10,15H,8-9H2,1H3,(H3,21,22)(H,23,24)(H,25,26);2H,1H3,(H,5,6). The number of carboxylic acid groups (broad SMARTS) is 3. The van der Waals surface area contributed by atoms with Crippen LogP contribution in [0.3, 0.4) is 0 Å². The summed E-state index contributed by atoms with van der Waals surface area (Å²) in [4.78, 5) is 55.6. The molecule has 37 heavy (non-hydrogen) atoms. The fraction of sp³-hybridized carbons (Fsp3) is 0.304. The third kappa shape index (κ3) is 10.9. The Hall–Kier alpha value is -4.20. The number of rotatable bonds is 11. The van der Waals surface area contributed by atoms with E-state index in [1.54, 1.807) is 6.92 Å². The van der Waals surface area contributed by atoms with Crippen LogP contribution in [0.4, 0.5) is 4.39 Å². The summed E-state index contributed by atoms with van der Waals surface area (Å²) in [5.74, 6) is -5.21. The molecule has 6 N–H and O–H groups in total. The zero-order valence-corrected chi connectivity index (χ0v) is 20.5. The number of hydrogen-bond acceptors (Lipinski definition) is 9. The highest BCUT2D eigenvalue weighted by molar-refractivity contribution is 8.14. The number of hydrogen-bond donors (Lipinski definition) is 5. The second-order valence-electron chi connectivity index (χ2n) is 7.51. The zero-order chi connectivity index (χ0) is 28.3. The summed E-state index contributed by atoms with van der Waals surface area (Å²) in [7, 11) is 0. The van der Waals surface area contributed by atoms with Crippen molar-refractivity contribution in [3.8, 4) is 5.75 Å². The van der Waals surface area contributed by atoms with Crippen molar-refractivity contribution in [2.24, 2.45) is 11.7 Å². The van der Waals surface area contributed by atoms with Crippen molar-refractivity contribution in [2.75, 3.05) is 0 Å². The van der Waals surface area contributed by atoms with Crippen molar-refractivity contribution in [1.82, 2.24) is 0 Å². The van der Waals surface area contributed by atoms with Gasteiger partial charge in [0, 0.05) is 17.9 Å². The van der Waals surface area contributed by atoms with E-state index in [9.17, 15) is 28.4 Å². The smallest absolute Gasteiger partial charge is 0.379 e. The lowest BCUT2D eigenvalue weighted by atomic mass is 10.1. The van der Waals surface area contributed by atoms with Crippen LogP contribution in [0.1, 0.15) is 42.1 Å². The van der Waals surface area contributed by atoms with Crippen LogP contribution in [0.5, 0.6) is 5.75 Å². The van der Waals surface area contributed by atoms with Crippen LogP contribution in [0.25, 0.3) is 0 Å². The number of nitrogen functional groups attached to an aromatic ring is 1. The number of esters is 1. The third-order valence-electron chi connectivity index (χ3n) is 4.38. The van der Waals surface area contributed by atoms with Gasteiger partial charge in [-0.25, -0.2) is 14.0 Å². The van der Waals surface area contributed by atoms with Crippen molar-refractivity contribution >= 4 is 46.6 Å². The molecule has 12 nitrogen and oxygen atoms in total. The van der Waals surface area contributed by atoms with E-state index < -0.39 is 52.8 Å². The first-order valence-electron chi connectivity index (χ1n) is 10.5. The zero-order valence-electron chi connectivity index (χ0n) is 19.7. The molecule has 1 aromatic carbocycles. The van der Waals surface area contributed by atoms with Crippen molar-refractivity contribution in [3.63, 3.8) is 0 Å². The van der Waals surface area contributed by atoms with Crippen LogP contribution < -0.4 is 10.5 Å². The highest BCUT2D eigenvalue weighted by atomic mass is 32.2. The van der Waals surface area contributed by atoms with Crippen molar-refractivity contribution in [2.45, 2.75) is 38.1 Å². The molecule has 2 rings (SSSR count). The summed E-state index contributed by atoms with van der Waals surface area (Å²) >= 11 is 0.450. The molecule has 2 aromatic rings. The second kappa shape index (κ2) is 14.4. The molecule has 0 aliphatic rings. The molecule has 0 aliphatic heterocycles. The number of thioether (sulfide) groups is 1. The molecule has 0 amide bonds. The van der Waals surface area contributed by atoms with E-state index in [1.165, 1.54) is 36.4 Å². The number of carbonyl (C=O) groups excluding carboxylic acids is 2. The van der Waals surface area contributed by atoms with Crippen molar-refractivity contribution < 1.29 is 52.8 Å². The molecule has 0 bridgehead atoms. The lowest BCUT2D eigenvalue weighted by Crippen LogP contribution is -2.24. The molecule has 200 valence electrons. The Kier molecular flexibility index (Phi) is 12.0. The first-order valence-corrected chi connectivity index (χ1v) is 11.4. The molecule has 0 fully saturated rings. The summed E-state index contributed by atoms with van der Waals surface area (Å²) in [6.45, 7) is 2.52. The van der Waals surface area contributed by atoms with Gasteiger partial charge in [0.15, 0.2) is 11.3 Å². The molecule has 0 spiro atoms. The van der Waals surface area contributed by atoms with E-state index in [0.717, 1.165) is 6.92 Å². The van der Waals surface area contributed by atoms with Crippen LogP contribution in [-0.2, 0) is 25.6 Å². The average Bonchev–Trinajstić information content (AvgIpc) is 3.27. The topological polar surface area (TPSA) is 218 Å². The van der Waals surface area contributed by atoms with E-state index in [4.69, 9.17) is 35.6 Å². The molecular formula is C23H25FN2O10S. The Balaban J connectivity index is 0.00000102. The highest BCUT2D eigenvalue weighted by Crippen LogP contribution is 2.24. The summed E-state index contributed by atoms with van der Waals surface area (Å²) in [6, 6.07) is 8.89. The van der Waals surface area contributed by atoms with Crippen molar-refractivity contribution in [1.29, 1.82) is 5.41 Å². The molecular weight excluding hydrogens is 515 g/mol. The SMILES string of the molecule is CC(Cc1ccc(C(=O)Oc2ccc(C(=N)N)cc2)o1)C(=O)SC(CC(=O)O)C(=O)O.CC(F)C(=O)O. The summed E-state index contributed by atoms with van der Waals surface area (Å²) in [5, 5.41) is 30.9. The van der Waals surface area contributed by atoms with Crippen LogP contribution >= 0.6 is 11.8 Å². The van der Waals surface area contributed by atoms with E-state index in [1.807, 2.05) is 0 Å². The van der Waals surface area contributed by atoms with E-state index in [2.05, 4.69) is 0 Å². The number of aliphatic carboxylic acids is 3. The van der Waals surface area contributed by atoms with Crippen LogP contribution in [0.2, 0.25) is 0 Å². The van der Waals surface area contributed by atoms with Gasteiger partial charge in [-0.1, -0.05) is 18.7 Å². The quantitative estimate of drug-likeness (QED) is 0.120. The number of nitrogens with one attached hydrogen (secondary N) is 1. The number of carbonyl (C=O) groups is 5. The normalized spacial score (nSPS) is 12.7. The van der Waals surface area contributed by atoms with E-state index in [0.29, 0.717) is 23.1 Å². The van der Waals surface area contributed by atoms with Crippen LogP contribution in [0, 0.1) is 11.3 Å². The molecule has 0 saturated carbocycles. The van der Waals surface area contributed by atoms with Gasteiger partial charge in [-0.3, -0.25) is 19.8 Å². The molecule has 0 saturated heterocycles. The maximum absolute atomic E-state index is 12.3. The minimum Gasteiger partial charge on any atom is -0.481 e. The first kappa shape index (κ1) is 30.8. The van der Waals surface area contributed by atoms with E-state index >= 15 is 0 Å². The maximum Gasteiger partial charge on any atom is 0.379 e. The monoisotopic (exact) mass is 540 g/mol. The van der Waals surface area contributed by atoms with Gasteiger partial charge in [-0.05, 0) is 43.3 Å². The molecule has 3 atom stereocenters. The molecule has 0 radical (unpaired) electrons. The van der Waals surface area contributed by atoms with Gasteiger partial charge in [0.1, 0.15) is 22.6 Å². The lowest BCUT2D eigenvalue weighted by molar-refractivity contribution is -0.143.